The Balaban J connectivity index is 2.32. The number of pyridine rings is 1. The molecule has 7 nitrogen and oxygen atoms in total. The summed E-state index contributed by atoms with van der Waals surface area (Å²) >= 11 is 0. The summed E-state index contributed by atoms with van der Waals surface area (Å²) in [5.74, 6) is -0.721. The lowest BCUT2D eigenvalue weighted by Gasteiger charge is -2.40. The van der Waals surface area contributed by atoms with Gasteiger partial charge in [-0.05, 0) is 38.3 Å². The highest BCUT2D eigenvalue weighted by molar-refractivity contribution is 5.94. The molecule has 24 heavy (non-hydrogen) atoms. The second-order valence-corrected chi connectivity index (χ2v) is 6.24. The van der Waals surface area contributed by atoms with Crippen molar-refractivity contribution >= 4 is 11.8 Å². The molecule has 7 heteroatoms. The number of amides is 2. The van der Waals surface area contributed by atoms with E-state index < -0.39 is 5.91 Å². The number of carbonyl (C=O) groups excluding carboxylic acids is 2. The van der Waals surface area contributed by atoms with E-state index in [0.29, 0.717) is 13.0 Å². The molecule has 2 rings (SSSR count). The highest BCUT2D eigenvalue weighted by Crippen LogP contribution is 2.25. The summed E-state index contributed by atoms with van der Waals surface area (Å²) in [6.45, 7) is 2.35. The maximum absolute atomic E-state index is 12.9. The van der Waals surface area contributed by atoms with E-state index in [1.165, 1.54) is 4.57 Å². The molecule has 0 unspecified atom stereocenters. The summed E-state index contributed by atoms with van der Waals surface area (Å²) in [6, 6.07) is 3.07. The van der Waals surface area contributed by atoms with E-state index in [0.717, 1.165) is 18.5 Å². The van der Waals surface area contributed by atoms with Crippen LogP contribution >= 0.6 is 0 Å². The number of nitrogens with zero attached hydrogens (tertiary/aromatic N) is 2. The van der Waals surface area contributed by atoms with Gasteiger partial charge in [0.2, 0.25) is 5.91 Å². The molecule has 0 spiro atoms. The van der Waals surface area contributed by atoms with Crippen LogP contribution in [-0.2, 0) is 16.6 Å². The van der Waals surface area contributed by atoms with Crippen molar-refractivity contribution in [2.75, 3.05) is 13.7 Å². The van der Waals surface area contributed by atoms with Gasteiger partial charge in [-0.2, -0.15) is 0 Å². The van der Waals surface area contributed by atoms with E-state index >= 15 is 0 Å². The summed E-state index contributed by atoms with van der Waals surface area (Å²) in [6.07, 6.45) is 2.07. The van der Waals surface area contributed by atoms with E-state index in [4.69, 9.17) is 10.5 Å². The van der Waals surface area contributed by atoms with Gasteiger partial charge in [-0.1, -0.05) is 0 Å². The fraction of sp³-hybridized carbons (Fsp3) is 0.588. The normalized spacial score (nSPS) is 20.9. The molecule has 0 radical (unpaired) electrons. The third-order valence-electron chi connectivity index (χ3n) is 4.75. The zero-order valence-corrected chi connectivity index (χ0v) is 14.4. The molecule has 1 aliphatic heterocycles. The van der Waals surface area contributed by atoms with Gasteiger partial charge in [0.25, 0.3) is 11.5 Å². The Labute approximate surface area is 141 Å². The highest BCUT2D eigenvalue weighted by Gasteiger charge is 2.35. The number of nitrogens with two attached hydrogens (primary N) is 1. The van der Waals surface area contributed by atoms with Crippen LogP contribution in [0.15, 0.2) is 16.9 Å². The van der Waals surface area contributed by atoms with Gasteiger partial charge in [0, 0.05) is 32.8 Å². The van der Waals surface area contributed by atoms with E-state index in [1.54, 1.807) is 31.2 Å². The number of primary amides is 1. The first-order valence-electron chi connectivity index (χ1n) is 8.15. The summed E-state index contributed by atoms with van der Waals surface area (Å²) in [7, 11) is 3.24. The molecule has 2 N–H and O–H groups in total. The van der Waals surface area contributed by atoms with Crippen molar-refractivity contribution in [3.8, 4) is 0 Å². The van der Waals surface area contributed by atoms with Crippen LogP contribution in [0.4, 0.5) is 0 Å². The molecule has 1 aliphatic rings. The number of carbonyl (C=O) groups is 2. The van der Waals surface area contributed by atoms with Crippen LogP contribution in [0.1, 0.15) is 41.7 Å². The average Bonchev–Trinajstić information content (AvgIpc) is 2.57. The minimum Gasteiger partial charge on any atom is -0.379 e. The van der Waals surface area contributed by atoms with E-state index in [9.17, 15) is 14.4 Å². The Kier molecular flexibility index (Phi) is 5.77. The largest absolute Gasteiger partial charge is 0.379 e. The first-order valence-corrected chi connectivity index (χ1v) is 8.15. The fourth-order valence-electron chi connectivity index (χ4n) is 3.23. The summed E-state index contributed by atoms with van der Waals surface area (Å²) < 4.78 is 6.96. The maximum atomic E-state index is 12.9. The van der Waals surface area contributed by atoms with Crippen molar-refractivity contribution in [1.82, 2.24) is 9.47 Å². The van der Waals surface area contributed by atoms with Gasteiger partial charge in [0.15, 0.2) is 0 Å². The van der Waals surface area contributed by atoms with Gasteiger partial charge in [-0.15, -0.1) is 0 Å². The number of aromatic nitrogens is 1. The van der Waals surface area contributed by atoms with Crippen molar-refractivity contribution in [2.24, 2.45) is 12.8 Å². The van der Waals surface area contributed by atoms with Crippen LogP contribution in [0.2, 0.25) is 0 Å². The van der Waals surface area contributed by atoms with Crippen molar-refractivity contribution in [3.63, 3.8) is 0 Å². The molecule has 1 saturated heterocycles. The van der Waals surface area contributed by atoms with Crippen LogP contribution in [0.3, 0.4) is 0 Å². The summed E-state index contributed by atoms with van der Waals surface area (Å²) in [5.41, 5.74) is 5.87. The van der Waals surface area contributed by atoms with E-state index in [1.807, 2.05) is 6.92 Å². The third kappa shape index (κ3) is 3.67. The van der Waals surface area contributed by atoms with Gasteiger partial charge in [-0.25, -0.2) is 0 Å². The third-order valence-corrected chi connectivity index (χ3v) is 4.75. The lowest BCUT2D eigenvalue weighted by Crippen LogP contribution is -2.53. The van der Waals surface area contributed by atoms with Crippen LogP contribution in [0.25, 0.3) is 0 Å². The lowest BCUT2D eigenvalue weighted by atomic mass is 9.93. The molecule has 1 aromatic rings. The van der Waals surface area contributed by atoms with Gasteiger partial charge >= 0.3 is 0 Å². The van der Waals surface area contributed by atoms with Crippen LogP contribution in [-0.4, -0.2) is 47.1 Å². The average molecular weight is 335 g/mol. The quantitative estimate of drug-likeness (QED) is 0.851. The second-order valence-electron chi connectivity index (χ2n) is 6.24. The van der Waals surface area contributed by atoms with Crippen LogP contribution in [0, 0.1) is 6.92 Å². The number of hydrogen-bond acceptors (Lipinski definition) is 4. The van der Waals surface area contributed by atoms with Crippen molar-refractivity contribution < 1.29 is 14.3 Å². The molecule has 0 saturated carbocycles. The van der Waals surface area contributed by atoms with Crippen molar-refractivity contribution in [2.45, 2.75) is 44.8 Å². The van der Waals surface area contributed by atoms with E-state index in [2.05, 4.69) is 0 Å². The van der Waals surface area contributed by atoms with Crippen molar-refractivity contribution in [3.05, 3.63) is 33.7 Å². The molecule has 0 bridgehead atoms. The fourth-order valence-corrected chi connectivity index (χ4v) is 3.23. The Morgan fingerprint density at radius 2 is 2.08 bits per heavy atom. The second kappa shape index (κ2) is 7.61. The molecule has 132 valence electrons. The standard InChI is InChI=1S/C17H25N3O4/c1-11-6-7-12(16(22)19(11)2)17(23)20-10-4-5-14(24-3)13(20)8-9-15(18)21/h6-7,13-14H,4-5,8-10H2,1-3H3,(H2,18,21)/t13-,14-/m0/s1. The Hall–Kier alpha value is -2.15. The molecule has 0 aliphatic carbocycles. The zero-order valence-electron chi connectivity index (χ0n) is 14.4. The first-order chi connectivity index (χ1) is 11.4. The van der Waals surface area contributed by atoms with Crippen LogP contribution in [0.5, 0.6) is 0 Å². The Bertz CT molecular complexity index is 683. The maximum Gasteiger partial charge on any atom is 0.263 e. The molecule has 1 aromatic heterocycles. The van der Waals surface area contributed by atoms with Gasteiger partial charge in [-0.3, -0.25) is 14.4 Å². The van der Waals surface area contributed by atoms with Gasteiger partial charge in [0.05, 0.1) is 12.1 Å². The lowest BCUT2D eigenvalue weighted by molar-refractivity contribution is -0.118. The number of methoxy groups -OCH3 is 1. The Morgan fingerprint density at radius 1 is 1.38 bits per heavy atom. The predicted octanol–water partition coefficient (Wildman–Crippen LogP) is 0.579. The Morgan fingerprint density at radius 3 is 2.71 bits per heavy atom. The smallest absolute Gasteiger partial charge is 0.263 e. The molecule has 0 aromatic carbocycles. The summed E-state index contributed by atoms with van der Waals surface area (Å²) in [4.78, 5) is 38.2. The van der Waals surface area contributed by atoms with Crippen molar-refractivity contribution in [1.29, 1.82) is 0 Å². The predicted molar refractivity (Wildman–Crippen MR) is 89.7 cm³/mol. The molecular formula is C17H25N3O4. The number of piperidine rings is 1. The number of ether oxygens (including phenoxy) is 1. The molecule has 2 heterocycles. The monoisotopic (exact) mass is 335 g/mol. The first kappa shape index (κ1) is 18.2. The molecular weight excluding hydrogens is 310 g/mol. The van der Waals surface area contributed by atoms with Gasteiger partial charge < -0.3 is 19.9 Å². The minimum absolute atomic E-state index is 0.143. The highest BCUT2D eigenvalue weighted by atomic mass is 16.5. The van der Waals surface area contributed by atoms with Crippen LogP contribution < -0.4 is 11.3 Å². The summed E-state index contributed by atoms with van der Waals surface area (Å²) in [5, 5.41) is 0. The molecule has 2 atom stereocenters. The molecule has 1 fully saturated rings. The number of aryl methyl sites for hydroxylation is 1. The topological polar surface area (TPSA) is 94.6 Å². The minimum atomic E-state index is -0.408. The van der Waals surface area contributed by atoms with E-state index in [-0.39, 0.29) is 35.6 Å². The zero-order chi connectivity index (χ0) is 17.9. The number of likely N-dealkylation sites (tertiary alicyclic amines) is 1. The molecule has 2 amide bonds. The SMILES string of the molecule is CO[C@H]1CCCN(C(=O)c2ccc(C)n(C)c2=O)[C@H]1CCC(N)=O. The number of hydrogen-bond donors (Lipinski definition) is 1. The van der Waals surface area contributed by atoms with Gasteiger partial charge in [0.1, 0.15) is 5.56 Å². The number of rotatable bonds is 5.